The van der Waals surface area contributed by atoms with E-state index < -0.39 is 40.6 Å². The zero-order valence-corrected chi connectivity index (χ0v) is 21.9. The molecule has 2 aromatic carbocycles. The lowest BCUT2D eigenvalue weighted by molar-refractivity contribution is -0.147. The van der Waals surface area contributed by atoms with E-state index in [9.17, 15) is 23.9 Å². The number of rotatable bonds is 9. The largest absolute Gasteiger partial charge is 0.381 e. The fourth-order valence-electron chi connectivity index (χ4n) is 4.31. The molecule has 1 aliphatic rings. The van der Waals surface area contributed by atoms with Gasteiger partial charge in [0.05, 0.1) is 11.9 Å². The van der Waals surface area contributed by atoms with Gasteiger partial charge in [-0.15, -0.1) is 11.8 Å². The summed E-state index contributed by atoms with van der Waals surface area (Å²) in [6, 6.07) is 11.6. The Morgan fingerprint density at radius 3 is 2.53 bits per heavy atom. The van der Waals surface area contributed by atoms with Crippen LogP contribution >= 0.6 is 11.8 Å². The van der Waals surface area contributed by atoms with Gasteiger partial charge in [-0.05, 0) is 56.9 Å². The first kappa shape index (κ1) is 27.7. The molecule has 1 fully saturated rings. The van der Waals surface area contributed by atoms with Gasteiger partial charge in [-0.1, -0.05) is 43.3 Å². The van der Waals surface area contributed by atoms with Crippen molar-refractivity contribution in [3.05, 3.63) is 71.0 Å². The third kappa shape index (κ3) is 6.25. The van der Waals surface area contributed by atoms with E-state index in [4.69, 9.17) is 0 Å². The first-order valence-corrected chi connectivity index (χ1v) is 13.1. The van der Waals surface area contributed by atoms with Crippen molar-refractivity contribution < 1.29 is 23.9 Å². The standard InChI is InChI=1S/C27H34FN3O4S/c1-5-14-29-25(34)23-27(3,4)36-16-31(23)26(35)22(32)21(15-18-10-7-6-8-11-18)30-24(33)19-12-9-13-20(28)17(19)2/h6-13,21-23,32H,5,14-16H2,1-4H3,(H,29,34)(H,30,33)/t21-,22-,23+/m0/s1. The van der Waals surface area contributed by atoms with Gasteiger partial charge >= 0.3 is 0 Å². The average molecular weight is 516 g/mol. The first-order valence-electron chi connectivity index (χ1n) is 12.1. The molecule has 0 spiro atoms. The second-order valence-electron chi connectivity index (χ2n) is 9.51. The van der Waals surface area contributed by atoms with Crippen LogP contribution in [0.2, 0.25) is 0 Å². The number of hydrogen-bond acceptors (Lipinski definition) is 5. The molecule has 1 heterocycles. The Balaban J connectivity index is 1.87. The smallest absolute Gasteiger partial charge is 0.254 e. The number of aliphatic hydroxyl groups excluding tert-OH is 1. The van der Waals surface area contributed by atoms with Gasteiger partial charge in [0.15, 0.2) is 6.10 Å². The molecule has 3 rings (SSSR count). The van der Waals surface area contributed by atoms with Crippen LogP contribution in [0.3, 0.4) is 0 Å². The highest BCUT2D eigenvalue weighted by molar-refractivity contribution is 8.00. The molecule has 0 radical (unpaired) electrons. The van der Waals surface area contributed by atoms with Crippen LogP contribution in [0.5, 0.6) is 0 Å². The number of thioether (sulfide) groups is 1. The minimum absolute atomic E-state index is 0.127. The van der Waals surface area contributed by atoms with Gasteiger partial charge in [0.25, 0.3) is 11.8 Å². The molecule has 7 nitrogen and oxygen atoms in total. The van der Waals surface area contributed by atoms with Crippen molar-refractivity contribution in [1.82, 2.24) is 15.5 Å². The van der Waals surface area contributed by atoms with Crippen LogP contribution in [0.4, 0.5) is 4.39 Å². The van der Waals surface area contributed by atoms with Crippen molar-refractivity contribution in [3.8, 4) is 0 Å². The quantitative estimate of drug-likeness (QED) is 0.477. The second kappa shape index (κ2) is 11.9. The minimum Gasteiger partial charge on any atom is -0.381 e. The number of amides is 3. The lowest BCUT2D eigenvalue weighted by Crippen LogP contribution is -2.58. The van der Waals surface area contributed by atoms with E-state index in [1.165, 1.54) is 41.8 Å². The molecular weight excluding hydrogens is 481 g/mol. The van der Waals surface area contributed by atoms with E-state index in [1.807, 2.05) is 51.1 Å². The van der Waals surface area contributed by atoms with E-state index in [2.05, 4.69) is 10.6 Å². The van der Waals surface area contributed by atoms with Crippen LogP contribution in [0, 0.1) is 12.7 Å². The molecule has 2 aromatic rings. The number of aliphatic hydroxyl groups is 1. The summed E-state index contributed by atoms with van der Waals surface area (Å²) in [5.74, 6) is -1.78. The molecule has 194 valence electrons. The Labute approximate surface area is 215 Å². The van der Waals surface area contributed by atoms with Crippen molar-refractivity contribution >= 4 is 29.5 Å². The van der Waals surface area contributed by atoms with Gasteiger partial charge in [0.2, 0.25) is 5.91 Å². The first-order chi connectivity index (χ1) is 17.1. The molecule has 3 N–H and O–H groups in total. The number of nitrogens with zero attached hydrogens (tertiary/aromatic N) is 1. The van der Waals surface area contributed by atoms with Crippen LogP contribution in [0.25, 0.3) is 0 Å². The summed E-state index contributed by atoms with van der Waals surface area (Å²) in [5, 5.41) is 16.8. The van der Waals surface area contributed by atoms with E-state index in [0.29, 0.717) is 6.54 Å². The predicted octanol–water partition coefficient (Wildman–Crippen LogP) is 3.04. The Bertz CT molecular complexity index is 1100. The van der Waals surface area contributed by atoms with Crippen molar-refractivity contribution in [2.75, 3.05) is 12.4 Å². The SMILES string of the molecule is CCCNC(=O)[C@H]1N(C(=O)[C@@H](O)[C@H](Cc2ccccc2)NC(=O)c2cccc(F)c2C)CSC1(C)C. The fraction of sp³-hybridized carbons (Fsp3) is 0.444. The molecule has 3 atom stereocenters. The van der Waals surface area contributed by atoms with Gasteiger partial charge in [-0.3, -0.25) is 14.4 Å². The molecule has 0 aliphatic carbocycles. The number of hydrogen-bond donors (Lipinski definition) is 3. The second-order valence-corrected chi connectivity index (χ2v) is 11.1. The van der Waals surface area contributed by atoms with Crippen molar-refractivity contribution in [2.24, 2.45) is 0 Å². The number of halogens is 1. The maximum Gasteiger partial charge on any atom is 0.254 e. The topological polar surface area (TPSA) is 98.7 Å². The molecule has 1 aliphatic heterocycles. The highest BCUT2D eigenvalue weighted by atomic mass is 32.2. The van der Waals surface area contributed by atoms with Crippen molar-refractivity contribution in [3.63, 3.8) is 0 Å². The molecule has 0 unspecified atom stereocenters. The maximum atomic E-state index is 14.1. The summed E-state index contributed by atoms with van der Waals surface area (Å²) in [6.07, 6.45) is -0.683. The fourth-order valence-corrected chi connectivity index (χ4v) is 5.45. The lowest BCUT2D eigenvalue weighted by atomic mass is 9.96. The summed E-state index contributed by atoms with van der Waals surface area (Å²) < 4.78 is 13.5. The van der Waals surface area contributed by atoms with E-state index in [1.54, 1.807) is 0 Å². The Kier molecular flexibility index (Phi) is 9.13. The normalized spacial score (nSPS) is 18.4. The maximum absolute atomic E-state index is 14.1. The number of carbonyl (C=O) groups is 3. The highest BCUT2D eigenvalue weighted by Crippen LogP contribution is 2.39. The summed E-state index contributed by atoms with van der Waals surface area (Å²) in [7, 11) is 0. The zero-order chi connectivity index (χ0) is 26.5. The van der Waals surface area contributed by atoms with Crippen LogP contribution in [-0.2, 0) is 16.0 Å². The van der Waals surface area contributed by atoms with E-state index in [-0.39, 0.29) is 29.3 Å². The Morgan fingerprint density at radius 2 is 1.86 bits per heavy atom. The van der Waals surface area contributed by atoms with Gasteiger partial charge < -0.3 is 20.6 Å². The van der Waals surface area contributed by atoms with Gasteiger partial charge in [0.1, 0.15) is 11.9 Å². The minimum atomic E-state index is -1.61. The lowest BCUT2D eigenvalue weighted by Gasteiger charge is -2.33. The molecule has 36 heavy (non-hydrogen) atoms. The molecule has 3 amide bonds. The van der Waals surface area contributed by atoms with Crippen LogP contribution in [-0.4, -0.2) is 63.1 Å². The van der Waals surface area contributed by atoms with Crippen LogP contribution in [0.1, 0.15) is 48.7 Å². The molecule has 1 saturated heterocycles. The van der Waals surface area contributed by atoms with Crippen molar-refractivity contribution in [2.45, 2.75) is 63.5 Å². The van der Waals surface area contributed by atoms with Crippen LogP contribution in [0.15, 0.2) is 48.5 Å². The average Bonchev–Trinajstić information content (AvgIpc) is 3.18. The van der Waals surface area contributed by atoms with Gasteiger partial charge in [0, 0.05) is 16.9 Å². The summed E-state index contributed by atoms with van der Waals surface area (Å²) in [5.41, 5.74) is 1.11. The summed E-state index contributed by atoms with van der Waals surface area (Å²) in [4.78, 5) is 41.0. The third-order valence-electron chi connectivity index (χ3n) is 6.39. The molecule has 0 saturated carbocycles. The van der Waals surface area contributed by atoms with E-state index in [0.717, 1.165) is 12.0 Å². The molecule has 0 bridgehead atoms. The molecule has 0 aromatic heterocycles. The number of benzene rings is 2. The van der Waals surface area contributed by atoms with Crippen molar-refractivity contribution in [1.29, 1.82) is 0 Å². The Hall–Kier alpha value is -2.91. The third-order valence-corrected chi connectivity index (χ3v) is 7.76. The highest BCUT2D eigenvalue weighted by Gasteiger charge is 2.49. The zero-order valence-electron chi connectivity index (χ0n) is 21.1. The Morgan fingerprint density at radius 1 is 1.17 bits per heavy atom. The number of nitrogens with one attached hydrogen (secondary N) is 2. The number of carbonyl (C=O) groups excluding carboxylic acids is 3. The monoisotopic (exact) mass is 515 g/mol. The predicted molar refractivity (Wildman–Crippen MR) is 139 cm³/mol. The summed E-state index contributed by atoms with van der Waals surface area (Å²) >= 11 is 1.46. The molecule has 9 heteroatoms. The van der Waals surface area contributed by atoms with Gasteiger partial charge in [-0.25, -0.2) is 4.39 Å². The molecular formula is C27H34FN3O4S. The summed E-state index contributed by atoms with van der Waals surface area (Å²) in [6.45, 7) is 7.72. The van der Waals surface area contributed by atoms with Crippen LogP contribution < -0.4 is 10.6 Å². The van der Waals surface area contributed by atoms with Gasteiger partial charge in [-0.2, -0.15) is 0 Å². The van der Waals surface area contributed by atoms with E-state index >= 15 is 0 Å².